The van der Waals surface area contributed by atoms with E-state index >= 15 is 0 Å². The van der Waals surface area contributed by atoms with Gasteiger partial charge in [-0.05, 0) is 44.9 Å². The van der Waals surface area contributed by atoms with Gasteiger partial charge < -0.3 is 9.47 Å². The second kappa shape index (κ2) is 8.00. The largest absolute Gasteiger partial charge is 0.465 e. The Morgan fingerprint density at radius 3 is 2.32 bits per heavy atom. The molecule has 0 bridgehead atoms. The van der Waals surface area contributed by atoms with E-state index in [4.69, 9.17) is 9.47 Å². The zero-order valence-electron chi connectivity index (χ0n) is 12.6. The van der Waals surface area contributed by atoms with Crippen molar-refractivity contribution in [3.8, 4) is 5.75 Å². The van der Waals surface area contributed by atoms with Crippen LogP contribution in [0.25, 0.3) is 5.57 Å². The van der Waals surface area contributed by atoms with Gasteiger partial charge in [0.2, 0.25) is 0 Å². The maximum atomic E-state index is 5.91. The fourth-order valence-electron chi connectivity index (χ4n) is 1.80. The number of allylic oxidation sites excluding steroid dienone is 1. The molecule has 0 fully saturated rings. The molecule has 0 aromatic heterocycles. The van der Waals surface area contributed by atoms with Gasteiger partial charge in [0.25, 0.3) is 0 Å². The molecule has 1 atom stereocenters. The summed E-state index contributed by atoms with van der Waals surface area (Å²) in [7, 11) is 0. The van der Waals surface area contributed by atoms with Crippen LogP contribution >= 0.6 is 0 Å². The van der Waals surface area contributed by atoms with Gasteiger partial charge in [-0.1, -0.05) is 37.6 Å². The lowest BCUT2D eigenvalue weighted by Gasteiger charge is -2.21. The molecule has 0 spiro atoms. The molecule has 0 aliphatic rings. The molecule has 0 saturated heterocycles. The van der Waals surface area contributed by atoms with Crippen LogP contribution in [0.1, 0.15) is 52.5 Å². The normalized spacial score (nSPS) is 12.5. The first-order valence-electron chi connectivity index (χ1n) is 7.11. The van der Waals surface area contributed by atoms with Crippen LogP contribution in [0.3, 0.4) is 0 Å². The van der Waals surface area contributed by atoms with E-state index < -0.39 is 0 Å². The Kier molecular flexibility index (Phi) is 6.65. The molecule has 106 valence electrons. The van der Waals surface area contributed by atoms with Crippen molar-refractivity contribution in [2.75, 3.05) is 0 Å². The van der Waals surface area contributed by atoms with E-state index in [1.165, 1.54) is 0 Å². The van der Waals surface area contributed by atoms with Gasteiger partial charge in [-0.3, -0.25) is 0 Å². The molecule has 0 radical (unpaired) electrons. The average Bonchev–Trinajstić information content (AvgIpc) is 2.36. The summed E-state index contributed by atoms with van der Waals surface area (Å²) >= 11 is 0. The van der Waals surface area contributed by atoms with Crippen molar-refractivity contribution in [3.63, 3.8) is 0 Å². The van der Waals surface area contributed by atoms with Gasteiger partial charge in [-0.25, -0.2) is 0 Å². The number of hydrogen-bond donors (Lipinski definition) is 0. The van der Waals surface area contributed by atoms with E-state index in [2.05, 4.69) is 13.5 Å². The minimum atomic E-state index is -0.157. The monoisotopic (exact) mass is 262 g/mol. The Balaban J connectivity index is 2.63. The zero-order chi connectivity index (χ0) is 14.3. The summed E-state index contributed by atoms with van der Waals surface area (Å²) in [6.45, 7) is 12.2. The predicted molar refractivity (Wildman–Crippen MR) is 81.3 cm³/mol. The molecule has 0 saturated carbocycles. The first kappa shape index (κ1) is 15.8. The second-order valence-electron chi connectivity index (χ2n) is 5.18. The molecular weight excluding hydrogens is 236 g/mol. The lowest BCUT2D eigenvalue weighted by Crippen LogP contribution is -2.24. The topological polar surface area (TPSA) is 18.5 Å². The maximum Gasteiger partial charge on any atom is 0.200 e. The predicted octanol–water partition coefficient (Wildman–Crippen LogP) is 5.04. The molecule has 1 aromatic rings. The number of rotatable bonds is 8. The van der Waals surface area contributed by atoms with Crippen LogP contribution in [-0.4, -0.2) is 12.4 Å². The molecule has 0 aliphatic heterocycles. The van der Waals surface area contributed by atoms with Crippen molar-refractivity contribution < 1.29 is 9.47 Å². The molecule has 1 unspecified atom stereocenters. The third kappa shape index (κ3) is 5.93. The Morgan fingerprint density at radius 2 is 1.84 bits per heavy atom. The minimum absolute atomic E-state index is 0.157. The van der Waals surface area contributed by atoms with Crippen LogP contribution in [0.2, 0.25) is 0 Å². The summed E-state index contributed by atoms with van der Waals surface area (Å²) in [6, 6.07) is 8.02. The van der Waals surface area contributed by atoms with Crippen molar-refractivity contribution in [2.45, 2.75) is 59.4 Å². The summed E-state index contributed by atoms with van der Waals surface area (Å²) < 4.78 is 11.7. The number of benzene rings is 1. The van der Waals surface area contributed by atoms with Crippen LogP contribution in [-0.2, 0) is 4.74 Å². The quantitative estimate of drug-likeness (QED) is 0.611. The van der Waals surface area contributed by atoms with Gasteiger partial charge >= 0.3 is 0 Å². The Bertz CT molecular complexity index is 379. The summed E-state index contributed by atoms with van der Waals surface area (Å²) in [6.07, 6.45) is 3.21. The van der Waals surface area contributed by atoms with Crippen molar-refractivity contribution in [1.29, 1.82) is 0 Å². The van der Waals surface area contributed by atoms with Crippen LogP contribution in [0.4, 0.5) is 0 Å². The fourth-order valence-corrected chi connectivity index (χ4v) is 1.80. The van der Waals surface area contributed by atoms with Crippen LogP contribution in [0.5, 0.6) is 5.75 Å². The van der Waals surface area contributed by atoms with Gasteiger partial charge in [-0.15, -0.1) is 0 Å². The van der Waals surface area contributed by atoms with E-state index in [-0.39, 0.29) is 12.4 Å². The summed E-state index contributed by atoms with van der Waals surface area (Å²) in [5.74, 6) is 0.853. The van der Waals surface area contributed by atoms with E-state index in [0.717, 1.165) is 36.1 Å². The molecule has 1 aromatic carbocycles. The maximum absolute atomic E-state index is 5.91. The lowest BCUT2D eigenvalue weighted by atomic mass is 10.1. The van der Waals surface area contributed by atoms with Gasteiger partial charge in [0.05, 0.1) is 6.10 Å². The molecule has 1 rings (SSSR count). The standard InChI is InChI=1S/C17H26O2/c1-6-7-8-17(18-14(4)5)19-16-11-9-15(10-12-16)13(2)3/h9-12,14,17H,2,6-8H2,1,3-5H3. The zero-order valence-corrected chi connectivity index (χ0v) is 12.6. The second-order valence-corrected chi connectivity index (χ2v) is 5.18. The van der Waals surface area contributed by atoms with Gasteiger partial charge in [0.1, 0.15) is 5.75 Å². The average molecular weight is 262 g/mol. The SMILES string of the molecule is C=C(C)c1ccc(OC(CCCC)OC(C)C)cc1. The van der Waals surface area contributed by atoms with Crippen LogP contribution in [0.15, 0.2) is 30.8 Å². The van der Waals surface area contributed by atoms with Crippen molar-refractivity contribution in [3.05, 3.63) is 36.4 Å². The highest BCUT2D eigenvalue weighted by Crippen LogP contribution is 2.20. The molecule has 2 nitrogen and oxygen atoms in total. The van der Waals surface area contributed by atoms with E-state index in [9.17, 15) is 0 Å². The molecule has 19 heavy (non-hydrogen) atoms. The van der Waals surface area contributed by atoms with E-state index in [1.54, 1.807) is 0 Å². The van der Waals surface area contributed by atoms with Crippen LogP contribution in [0, 0.1) is 0 Å². The molecule has 0 heterocycles. The molecule has 0 amide bonds. The summed E-state index contributed by atoms with van der Waals surface area (Å²) in [5, 5.41) is 0. The lowest BCUT2D eigenvalue weighted by molar-refractivity contribution is -0.112. The van der Waals surface area contributed by atoms with Crippen molar-refractivity contribution in [2.24, 2.45) is 0 Å². The van der Waals surface area contributed by atoms with Crippen molar-refractivity contribution in [1.82, 2.24) is 0 Å². The molecule has 0 N–H and O–H groups in total. The Hall–Kier alpha value is -1.28. The first-order valence-corrected chi connectivity index (χ1v) is 7.11. The first-order chi connectivity index (χ1) is 9.02. The third-order valence-corrected chi connectivity index (χ3v) is 2.83. The van der Waals surface area contributed by atoms with Crippen molar-refractivity contribution >= 4 is 5.57 Å². The molecule has 2 heteroatoms. The van der Waals surface area contributed by atoms with E-state index in [0.29, 0.717) is 0 Å². The van der Waals surface area contributed by atoms with E-state index in [1.807, 2.05) is 45.0 Å². The third-order valence-electron chi connectivity index (χ3n) is 2.83. The Morgan fingerprint density at radius 1 is 1.21 bits per heavy atom. The summed E-state index contributed by atoms with van der Waals surface area (Å²) in [4.78, 5) is 0. The smallest absolute Gasteiger partial charge is 0.200 e. The number of unbranched alkanes of at least 4 members (excludes halogenated alkanes) is 1. The molecule has 0 aliphatic carbocycles. The van der Waals surface area contributed by atoms with Gasteiger partial charge in [0.15, 0.2) is 6.29 Å². The van der Waals surface area contributed by atoms with Gasteiger partial charge in [-0.2, -0.15) is 0 Å². The minimum Gasteiger partial charge on any atom is -0.465 e. The number of ether oxygens (including phenoxy) is 2. The van der Waals surface area contributed by atoms with Gasteiger partial charge in [0, 0.05) is 6.42 Å². The highest BCUT2D eigenvalue weighted by molar-refractivity contribution is 5.61. The summed E-state index contributed by atoms with van der Waals surface area (Å²) in [5.41, 5.74) is 2.20. The fraction of sp³-hybridized carbons (Fsp3) is 0.529. The Labute approximate surface area is 117 Å². The van der Waals surface area contributed by atoms with Crippen LogP contribution < -0.4 is 4.74 Å². The molecular formula is C17H26O2. The highest BCUT2D eigenvalue weighted by atomic mass is 16.7. The highest BCUT2D eigenvalue weighted by Gasteiger charge is 2.12. The number of hydrogen-bond acceptors (Lipinski definition) is 2.